The van der Waals surface area contributed by atoms with Crippen molar-refractivity contribution >= 4 is 17.8 Å². The quantitative estimate of drug-likeness (QED) is 0.643. The third-order valence-corrected chi connectivity index (χ3v) is 3.67. The average molecular weight is 309 g/mol. The Kier molecular flexibility index (Phi) is 3.93. The first-order chi connectivity index (χ1) is 11.1. The van der Waals surface area contributed by atoms with Crippen LogP contribution in [0.5, 0.6) is 0 Å². The number of carbonyl (C=O) groups excluding carboxylic acids is 3. The van der Waals surface area contributed by atoms with E-state index >= 15 is 0 Å². The van der Waals surface area contributed by atoms with Crippen LogP contribution >= 0.6 is 0 Å². The zero-order valence-electron chi connectivity index (χ0n) is 12.6. The highest BCUT2D eigenvalue weighted by molar-refractivity contribution is 6.21. The molecular weight excluding hydrogens is 294 g/mol. The summed E-state index contributed by atoms with van der Waals surface area (Å²) in [7, 11) is 0. The summed E-state index contributed by atoms with van der Waals surface area (Å²) < 4.78 is 4.92. The molecule has 0 saturated heterocycles. The molecule has 116 valence electrons. The van der Waals surface area contributed by atoms with Gasteiger partial charge in [0.05, 0.1) is 29.8 Å². The fraction of sp³-hybridized carbons (Fsp3) is 0.167. The standard InChI is InChI=1S/C18H15NO4/c1-2-23-18(22)13-8-9-14-15(10-13)17(21)19(16(14)20)11-12-6-4-3-5-7-12/h3-10H,2,11H2,1H3. The van der Waals surface area contributed by atoms with Crippen LogP contribution < -0.4 is 0 Å². The van der Waals surface area contributed by atoms with Crippen LogP contribution in [0.4, 0.5) is 0 Å². The van der Waals surface area contributed by atoms with E-state index in [4.69, 9.17) is 4.74 Å². The van der Waals surface area contributed by atoms with Gasteiger partial charge in [-0.2, -0.15) is 0 Å². The second kappa shape index (κ2) is 6.04. The number of hydrogen-bond acceptors (Lipinski definition) is 4. The Labute approximate surface area is 133 Å². The summed E-state index contributed by atoms with van der Waals surface area (Å²) in [6, 6.07) is 13.7. The molecule has 1 aliphatic heterocycles. The third kappa shape index (κ3) is 2.73. The highest BCUT2D eigenvalue weighted by Gasteiger charge is 2.36. The van der Waals surface area contributed by atoms with Gasteiger partial charge in [-0.15, -0.1) is 0 Å². The number of imide groups is 1. The Morgan fingerprint density at radius 3 is 2.39 bits per heavy atom. The second-order valence-electron chi connectivity index (χ2n) is 5.16. The first kappa shape index (κ1) is 15.0. The molecule has 0 radical (unpaired) electrons. The Morgan fingerprint density at radius 1 is 1.00 bits per heavy atom. The molecule has 0 aliphatic carbocycles. The summed E-state index contributed by atoms with van der Waals surface area (Å²) in [4.78, 5) is 37.9. The molecule has 0 N–H and O–H groups in total. The van der Waals surface area contributed by atoms with Gasteiger partial charge in [0, 0.05) is 0 Å². The van der Waals surface area contributed by atoms with Crippen molar-refractivity contribution in [1.29, 1.82) is 0 Å². The number of ether oxygens (including phenoxy) is 1. The summed E-state index contributed by atoms with van der Waals surface area (Å²) in [6.45, 7) is 2.17. The number of esters is 1. The minimum atomic E-state index is -0.503. The maximum absolute atomic E-state index is 12.5. The van der Waals surface area contributed by atoms with Crippen LogP contribution in [-0.4, -0.2) is 29.3 Å². The van der Waals surface area contributed by atoms with Crippen LogP contribution in [-0.2, 0) is 11.3 Å². The van der Waals surface area contributed by atoms with Gasteiger partial charge in [0.1, 0.15) is 0 Å². The van der Waals surface area contributed by atoms with Crippen molar-refractivity contribution in [3.05, 3.63) is 70.8 Å². The van der Waals surface area contributed by atoms with E-state index in [1.807, 2.05) is 30.3 Å². The van der Waals surface area contributed by atoms with Crippen LogP contribution in [0.1, 0.15) is 43.6 Å². The van der Waals surface area contributed by atoms with Crippen LogP contribution in [0.2, 0.25) is 0 Å². The van der Waals surface area contributed by atoms with Crippen molar-refractivity contribution in [3.8, 4) is 0 Å². The number of amides is 2. The summed E-state index contributed by atoms with van der Waals surface area (Å²) in [5, 5.41) is 0. The largest absolute Gasteiger partial charge is 0.462 e. The second-order valence-corrected chi connectivity index (χ2v) is 5.16. The highest BCUT2D eigenvalue weighted by Crippen LogP contribution is 2.25. The fourth-order valence-corrected chi connectivity index (χ4v) is 2.54. The molecule has 0 bridgehead atoms. The third-order valence-electron chi connectivity index (χ3n) is 3.67. The maximum Gasteiger partial charge on any atom is 0.338 e. The average Bonchev–Trinajstić information content (AvgIpc) is 2.81. The summed E-state index contributed by atoms with van der Waals surface area (Å²) in [6.07, 6.45) is 0. The van der Waals surface area contributed by atoms with Crippen molar-refractivity contribution in [3.63, 3.8) is 0 Å². The van der Waals surface area contributed by atoms with Gasteiger partial charge in [0.25, 0.3) is 11.8 Å². The zero-order valence-corrected chi connectivity index (χ0v) is 12.6. The maximum atomic E-state index is 12.5. The molecule has 0 fully saturated rings. The van der Waals surface area contributed by atoms with Crippen molar-refractivity contribution in [2.75, 3.05) is 6.61 Å². The molecule has 2 aromatic rings. The van der Waals surface area contributed by atoms with Gasteiger partial charge in [-0.25, -0.2) is 4.79 Å². The van der Waals surface area contributed by atoms with Crippen molar-refractivity contribution in [2.24, 2.45) is 0 Å². The van der Waals surface area contributed by atoms with Crippen LogP contribution in [0, 0.1) is 0 Å². The predicted molar refractivity (Wildman–Crippen MR) is 83.0 cm³/mol. The van der Waals surface area contributed by atoms with Gasteiger partial charge in [-0.1, -0.05) is 30.3 Å². The first-order valence-electron chi connectivity index (χ1n) is 7.33. The number of benzene rings is 2. The molecule has 5 heteroatoms. The Morgan fingerprint density at radius 2 is 1.70 bits per heavy atom. The molecule has 1 heterocycles. The van der Waals surface area contributed by atoms with E-state index in [1.54, 1.807) is 6.92 Å². The molecule has 5 nitrogen and oxygen atoms in total. The van der Waals surface area contributed by atoms with Crippen LogP contribution in [0.25, 0.3) is 0 Å². The lowest BCUT2D eigenvalue weighted by Crippen LogP contribution is -2.29. The SMILES string of the molecule is CCOC(=O)c1ccc2c(c1)C(=O)N(Cc1ccccc1)C2=O. The van der Waals surface area contributed by atoms with E-state index in [-0.39, 0.29) is 36.1 Å². The molecular formula is C18H15NO4. The number of fused-ring (bicyclic) bond motifs is 1. The predicted octanol–water partition coefficient (Wildman–Crippen LogP) is 2.66. The minimum absolute atomic E-state index is 0.210. The molecule has 0 saturated carbocycles. The molecule has 3 rings (SSSR count). The molecule has 0 atom stereocenters. The van der Waals surface area contributed by atoms with Crippen LogP contribution in [0.3, 0.4) is 0 Å². The fourth-order valence-electron chi connectivity index (χ4n) is 2.54. The van der Waals surface area contributed by atoms with Crippen molar-refractivity contribution in [1.82, 2.24) is 4.90 Å². The van der Waals surface area contributed by atoms with Crippen LogP contribution in [0.15, 0.2) is 48.5 Å². The molecule has 2 amide bonds. The molecule has 0 aromatic heterocycles. The molecule has 2 aromatic carbocycles. The Balaban J connectivity index is 1.89. The van der Waals surface area contributed by atoms with Gasteiger partial charge < -0.3 is 4.74 Å². The van der Waals surface area contributed by atoms with E-state index in [0.29, 0.717) is 5.56 Å². The van der Waals surface area contributed by atoms with E-state index < -0.39 is 5.97 Å². The van der Waals surface area contributed by atoms with Crippen molar-refractivity contribution in [2.45, 2.75) is 13.5 Å². The first-order valence-corrected chi connectivity index (χ1v) is 7.33. The molecule has 0 unspecified atom stereocenters. The van der Waals surface area contributed by atoms with E-state index in [9.17, 15) is 14.4 Å². The molecule has 1 aliphatic rings. The van der Waals surface area contributed by atoms with E-state index in [0.717, 1.165) is 5.56 Å². The lowest BCUT2D eigenvalue weighted by Gasteiger charge is -2.13. The summed E-state index contributed by atoms with van der Waals surface area (Å²) in [5.74, 6) is -1.23. The Bertz CT molecular complexity index is 783. The minimum Gasteiger partial charge on any atom is -0.462 e. The number of carbonyl (C=O) groups is 3. The van der Waals surface area contributed by atoms with Crippen molar-refractivity contribution < 1.29 is 19.1 Å². The van der Waals surface area contributed by atoms with E-state index in [2.05, 4.69) is 0 Å². The van der Waals surface area contributed by atoms with Gasteiger partial charge in [-0.3, -0.25) is 14.5 Å². The lowest BCUT2D eigenvalue weighted by atomic mass is 10.1. The van der Waals surface area contributed by atoms with Gasteiger partial charge >= 0.3 is 5.97 Å². The molecule has 0 spiro atoms. The number of hydrogen-bond donors (Lipinski definition) is 0. The number of rotatable bonds is 4. The highest BCUT2D eigenvalue weighted by atomic mass is 16.5. The Hall–Kier alpha value is -2.95. The normalized spacial score (nSPS) is 13.2. The topological polar surface area (TPSA) is 63.7 Å². The van der Waals surface area contributed by atoms with E-state index in [1.165, 1.54) is 23.1 Å². The lowest BCUT2D eigenvalue weighted by molar-refractivity contribution is 0.0525. The molecule has 23 heavy (non-hydrogen) atoms. The van der Waals surface area contributed by atoms with Gasteiger partial charge in [0.15, 0.2) is 0 Å². The van der Waals surface area contributed by atoms with Gasteiger partial charge in [-0.05, 0) is 30.7 Å². The smallest absolute Gasteiger partial charge is 0.338 e. The summed E-state index contributed by atoms with van der Waals surface area (Å²) >= 11 is 0. The zero-order chi connectivity index (χ0) is 16.4. The van der Waals surface area contributed by atoms with Gasteiger partial charge in [0.2, 0.25) is 0 Å². The monoisotopic (exact) mass is 309 g/mol. The summed E-state index contributed by atoms with van der Waals surface area (Å²) in [5.41, 5.74) is 1.70. The number of nitrogens with zero attached hydrogens (tertiary/aromatic N) is 1.